The molecule has 8 heteroatoms. The molecule has 1 aromatic rings. The Morgan fingerprint density at radius 2 is 1.88 bits per heavy atom. The number of allylic oxidation sites excluding steroid dienone is 1. The Kier molecular flexibility index (Phi) is 3.56. The fraction of sp³-hybridized carbons (Fsp3) is 0.222. The van der Waals surface area contributed by atoms with Crippen LogP contribution in [0.5, 0.6) is 0 Å². The second-order valence-electron chi connectivity index (χ2n) is 2.98. The number of hydrogen-bond donors (Lipinski definition) is 1. The van der Waals surface area contributed by atoms with Crippen molar-refractivity contribution in [1.82, 2.24) is 0 Å². The number of carbonyl (C=O) groups is 1. The van der Waals surface area contributed by atoms with E-state index >= 15 is 0 Å². The van der Waals surface area contributed by atoms with E-state index in [9.17, 15) is 26.7 Å². The molecule has 0 saturated carbocycles. The smallest absolute Gasteiger partial charge is 0.461 e. The van der Waals surface area contributed by atoms with Gasteiger partial charge in [0.25, 0.3) is 0 Å². The van der Waals surface area contributed by atoms with Gasteiger partial charge >= 0.3 is 12.1 Å². The molecule has 0 atom stereocenters. The van der Waals surface area contributed by atoms with E-state index in [0.717, 1.165) is 11.3 Å². The van der Waals surface area contributed by atoms with Gasteiger partial charge in [0.05, 0.1) is 0 Å². The maximum Gasteiger partial charge on any atom is 0.461 e. The van der Waals surface area contributed by atoms with Gasteiger partial charge in [-0.1, -0.05) is 0 Å². The van der Waals surface area contributed by atoms with Crippen LogP contribution < -0.4 is 0 Å². The molecule has 0 amide bonds. The molecule has 1 heterocycles. The first-order chi connectivity index (χ1) is 7.66. The third-order valence-corrected chi connectivity index (χ3v) is 2.43. The van der Waals surface area contributed by atoms with Crippen LogP contribution in [0.25, 0.3) is 5.76 Å². The summed E-state index contributed by atoms with van der Waals surface area (Å²) in [5, 5.41) is 11.9. The molecule has 0 aliphatic rings. The Labute approximate surface area is 96.0 Å². The summed E-state index contributed by atoms with van der Waals surface area (Å²) >= 11 is 1.09. The van der Waals surface area contributed by atoms with Crippen molar-refractivity contribution in [2.24, 2.45) is 0 Å². The van der Waals surface area contributed by atoms with Crippen LogP contribution in [0.2, 0.25) is 0 Å². The number of carbonyl (C=O) groups excluding carboxylic acids is 1. The molecular formula is C9H5F5O2S. The molecule has 0 bridgehead atoms. The Hall–Kier alpha value is -1.44. The van der Waals surface area contributed by atoms with Gasteiger partial charge in [0, 0.05) is 17.0 Å². The van der Waals surface area contributed by atoms with Gasteiger partial charge in [-0.3, -0.25) is 4.79 Å². The molecule has 0 fully saturated rings. The van der Waals surface area contributed by atoms with E-state index in [1.807, 2.05) is 0 Å². The third-order valence-electron chi connectivity index (χ3n) is 1.75. The largest absolute Gasteiger partial charge is 0.507 e. The maximum absolute atomic E-state index is 12.5. The summed E-state index contributed by atoms with van der Waals surface area (Å²) in [7, 11) is 0. The van der Waals surface area contributed by atoms with Crippen LogP contribution in [0.3, 0.4) is 0 Å². The van der Waals surface area contributed by atoms with Crippen molar-refractivity contribution in [2.75, 3.05) is 0 Å². The zero-order valence-corrected chi connectivity index (χ0v) is 8.78. The number of ketones is 1. The summed E-state index contributed by atoms with van der Waals surface area (Å²) in [6, 6.07) is 1.27. The minimum atomic E-state index is -5.98. The molecule has 0 spiro atoms. The van der Waals surface area contributed by atoms with Crippen LogP contribution in [0, 0.1) is 0 Å². The number of aliphatic hydroxyl groups is 1. The van der Waals surface area contributed by atoms with Crippen LogP contribution in [-0.4, -0.2) is 23.0 Å². The molecule has 0 aliphatic heterocycles. The normalized spacial score (nSPS) is 13.8. The first kappa shape index (κ1) is 13.6. The number of aliphatic hydroxyl groups excluding tert-OH is 1. The molecule has 0 radical (unpaired) electrons. The molecule has 17 heavy (non-hydrogen) atoms. The molecule has 0 aliphatic carbocycles. The van der Waals surface area contributed by atoms with Gasteiger partial charge in [-0.25, -0.2) is 0 Å². The predicted molar refractivity (Wildman–Crippen MR) is 50.9 cm³/mol. The summed E-state index contributed by atoms with van der Waals surface area (Å²) in [6.45, 7) is 0. The lowest BCUT2D eigenvalue weighted by Gasteiger charge is -2.16. The van der Waals surface area contributed by atoms with E-state index < -0.39 is 23.6 Å². The average molecular weight is 272 g/mol. The third kappa shape index (κ3) is 2.82. The van der Waals surface area contributed by atoms with Gasteiger partial charge in [0.15, 0.2) is 0 Å². The molecule has 0 unspecified atom stereocenters. The molecular weight excluding hydrogens is 267 g/mol. The van der Waals surface area contributed by atoms with Crippen molar-refractivity contribution in [3.05, 3.63) is 28.5 Å². The summed E-state index contributed by atoms with van der Waals surface area (Å²) in [4.78, 5) is 10.7. The van der Waals surface area contributed by atoms with E-state index in [-0.39, 0.29) is 11.6 Å². The van der Waals surface area contributed by atoms with Crippen LogP contribution >= 0.6 is 11.3 Å². The Bertz CT molecular complexity index is 433. The van der Waals surface area contributed by atoms with Gasteiger partial charge in [-0.05, 0) is 11.4 Å². The van der Waals surface area contributed by atoms with E-state index in [0.29, 0.717) is 0 Å². The Balaban J connectivity index is 2.97. The summed E-state index contributed by atoms with van der Waals surface area (Å²) in [5.41, 5.74) is 0.00123. The van der Waals surface area contributed by atoms with Crippen LogP contribution in [0.1, 0.15) is 5.56 Å². The number of rotatable bonds is 3. The van der Waals surface area contributed by atoms with E-state index in [1.54, 1.807) is 0 Å². The van der Waals surface area contributed by atoms with Crippen LogP contribution in [0.15, 0.2) is 22.9 Å². The highest BCUT2D eigenvalue weighted by molar-refractivity contribution is 7.08. The molecule has 94 valence electrons. The highest BCUT2D eigenvalue weighted by Gasteiger charge is 2.62. The second kappa shape index (κ2) is 4.44. The number of alkyl halides is 5. The van der Waals surface area contributed by atoms with E-state index in [4.69, 9.17) is 5.11 Å². The summed E-state index contributed by atoms with van der Waals surface area (Å²) in [6.07, 6.45) is -6.11. The van der Waals surface area contributed by atoms with Gasteiger partial charge in [0.1, 0.15) is 5.76 Å². The van der Waals surface area contributed by atoms with Gasteiger partial charge in [-0.2, -0.15) is 33.3 Å². The number of thiophene rings is 1. The zero-order chi connectivity index (χ0) is 13.3. The predicted octanol–water partition coefficient (Wildman–Crippen LogP) is 3.41. The Morgan fingerprint density at radius 1 is 1.29 bits per heavy atom. The van der Waals surface area contributed by atoms with Gasteiger partial charge in [0.2, 0.25) is 5.78 Å². The monoisotopic (exact) mass is 272 g/mol. The highest BCUT2D eigenvalue weighted by Crippen LogP contribution is 2.36. The highest BCUT2D eigenvalue weighted by atomic mass is 32.1. The molecule has 2 nitrogen and oxygen atoms in total. The minimum Gasteiger partial charge on any atom is -0.507 e. The van der Waals surface area contributed by atoms with Crippen molar-refractivity contribution in [2.45, 2.75) is 12.1 Å². The Morgan fingerprint density at radius 3 is 2.29 bits per heavy atom. The van der Waals surface area contributed by atoms with E-state index in [1.165, 1.54) is 16.8 Å². The fourth-order valence-corrected chi connectivity index (χ4v) is 1.50. The lowest BCUT2D eigenvalue weighted by Crippen LogP contribution is -2.43. The van der Waals surface area contributed by atoms with Crippen molar-refractivity contribution in [3.8, 4) is 0 Å². The lowest BCUT2D eigenvalue weighted by molar-refractivity contribution is -0.266. The first-order valence-corrected chi connectivity index (χ1v) is 5.02. The van der Waals surface area contributed by atoms with Crippen LogP contribution in [0.4, 0.5) is 22.0 Å². The lowest BCUT2D eigenvalue weighted by atomic mass is 10.1. The van der Waals surface area contributed by atoms with Gasteiger partial charge in [-0.15, -0.1) is 0 Å². The summed E-state index contributed by atoms with van der Waals surface area (Å²) < 4.78 is 60.4. The topological polar surface area (TPSA) is 37.3 Å². The van der Waals surface area contributed by atoms with Crippen molar-refractivity contribution in [3.63, 3.8) is 0 Å². The molecule has 0 aromatic carbocycles. The first-order valence-electron chi connectivity index (χ1n) is 4.08. The van der Waals surface area contributed by atoms with Crippen molar-refractivity contribution in [1.29, 1.82) is 0 Å². The zero-order valence-electron chi connectivity index (χ0n) is 7.96. The number of halogens is 5. The minimum absolute atomic E-state index is 0.00123. The summed E-state index contributed by atoms with van der Waals surface area (Å²) in [5.74, 6) is -8.94. The van der Waals surface area contributed by atoms with Gasteiger partial charge < -0.3 is 5.11 Å². The number of hydrogen-bond acceptors (Lipinski definition) is 3. The standard InChI is InChI=1S/C9H5F5O2S/c10-8(11,9(12,13)14)7(16)3-6(15)5-1-2-17-4-5/h1-4,15H. The van der Waals surface area contributed by atoms with Crippen molar-refractivity contribution >= 4 is 22.9 Å². The quantitative estimate of drug-likeness (QED) is 0.520. The van der Waals surface area contributed by atoms with Crippen LogP contribution in [-0.2, 0) is 4.79 Å². The average Bonchev–Trinajstić information content (AvgIpc) is 2.68. The fourth-order valence-electron chi connectivity index (χ4n) is 0.848. The molecule has 1 rings (SSSR count). The van der Waals surface area contributed by atoms with Crippen molar-refractivity contribution < 1.29 is 31.9 Å². The second-order valence-corrected chi connectivity index (χ2v) is 3.76. The molecule has 0 saturated heterocycles. The maximum atomic E-state index is 12.5. The SMILES string of the molecule is O=C(C=C(O)c1ccsc1)C(F)(F)C(F)(F)F. The molecule has 1 aromatic heterocycles. The van der Waals surface area contributed by atoms with E-state index in [2.05, 4.69) is 0 Å². The molecule has 1 N–H and O–H groups in total.